The lowest BCUT2D eigenvalue weighted by Crippen LogP contribution is -2.43. The van der Waals surface area contributed by atoms with Gasteiger partial charge in [0.2, 0.25) is 0 Å². The van der Waals surface area contributed by atoms with Crippen LogP contribution in [-0.2, 0) is 9.53 Å². The van der Waals surface area contributed by atoms with E-state index in [4.69, 9.17) is 4.74 Å². The third-order valence-corrected chi connectivity index (χ3v) is 4.55. The fraction of sp³-hybridized carbons (Fsp3) is 0.500. The third kappa shape index (κ3) is 2.75. The Balaban J connectivity index is 1.88. The third-order valence-electron chi connectivity index (χ3n) is 4.55. The highest BCUT2D eigenvalue weighted by molar-refractivity contribution is 5.99. The fourth-order valence-corrected chi connectivity index (χ4v) is 3.33. The van der Waals surface area contributed by atoms with Gasteiger partial charge in [-0.1, -0.05) is 44.2 Å². The molecule has 0 bridgehead atoms. The van der Waals surface area contributed by atoms with Crippen molar-refractivity contribution in [2.24, 2.45) is 11.8 Å². The number of para-hydroxylation sites is 1. The summed E-state index contributed by atoms with van der Waals surface area (Å²) in [5, 5.41) is 0. The molecule has 1 aromatic carbocycles. The Morgan fingerprint density at radius 1 is 1.33 bits per heavy atom. The number of carbonyl (C=O) groups excluding carboxylic acids is 1. The van der Waals surface area contributed by atoms with Crippen LogP contribution in [0.4, 0.5) is 5.69 Å². The molecule has 1 saturated heterocycles. The van der Waals surface area contributed by atoms with Gasteiger partial charge in [-0.25, -0.2) is 0 Å². The normalized spacial score (nSPS) is 25.0. The van der Waals surface area contributed by atoms with Crippen LogP contribution >= 0.6 is 0 Å². The lowest BCUT2D eigenvalue weighted by atomic mass is 9.88. The molecule has 0 aromatic heterocycles. The number of ether oxygens (including phenoxy) is 1. The van der Waals surface area contributed by atoms with Crippen LogP contribution in [0.1, 0.15) is 32.3 Å². The molecule has 0 N–H and O–H groups in total. The summed E-state index contributed by atoms with van der Waals surface area (Å²) in [6.07, 6.45) is 5.84. The molecule has 2 aliphatic rings. The number of nitrogens with zero attached hydrogens (tertiary/aromatic N) is 1. The first-order valence-corrected chi connectivity index (χ1v) is 7.87. The summed E-state index contributed by atoms with van der Waals surface area (Å²) >= 11 is 0. The first-order valence-electron chi connectivity index (χ1n) is 7.87. The van der Waals surface area contributed by atoms with E-state index in [0.29, 0.717) is 18.4 Å². The number of carbonyl (C=O) groups is 1. The Morgan fingerprint density at radius 2 is 2.14 bits per heavy atom. The minimum Gasteiger partial charge on any atom is -0.368 e. The lowest BCUT2D eigenvalue weighted by Gasteiger charge is -2.29. The molecule has 2 heterocycles. The first kappa shape index (κ1) is 14.3. The summed E-state index contributed by atoms with van der Waals surface area (Å²) in [7, 11) is 0. The van der Waals surface area contributed by atoms with Gasteiger partial charge in [-0.2, -0.15) is 0 Å². The van der Waals surface area contributed by atoms with E-state index in [9.17, 15) is 4.79 Å². The zero-order chi connectivity index (χ0) is 14.8. The molecule has 0 saturated carbocycles. The van der Waals surface area contributed by atoms with Crippen molar-refractivity contribution in [2.45, 2.75) is 32.8 Å². The molecule has 0 aliphatic carbocycles. The molecular formula is C18H23NO2. The number of benzene rings is 1. The molecule has 3 heteroatoms. The van der Waals surface area contributed by atoms with Crippen molar-refractivity contribution in [1.29, 1.82) is 0 Å². The number of fused-ring (bicyclic) bond motifs is 1. The van der Waals surface area contributed by atoms with Crippen molar-refractivity contribution in [1.82, 2.24) is 0 Å². The Kier molecular flexibility index (Phi) is 4.11. The molecule has 1 amide bonds. The molecule has 0 unspecified atom stereocenters. The summed E-state index contributed by atoms with van der Waals surface area (Å²) < 4.78 is 5.79. The Morgan fingerprint density at radius 3 is 2.95 bits per heavy atom. The highest BCUT2D eigenvalue weighted by atomic mass is 16.5. The second-order valence-electron chi connectivity index (χ2n) is 6.23. The minimum atomic E-state index is -0.281. The standard InChI is InChI=1S/C18H23NO2/c1-13(2)15-10-12-21-17(15)18(20)19-11-6-5-8-14-7-3-4-9-16(14)19/h3-5,7-9,13,15,17H,6,10-12H2,1-2H3/t15-,17-/m1/s1. The van der Waals surface area contributed by atoms with Crippen molar-refractivity contribution < 1.29 is 9.53 Å². The van der Waals surface area contributed by atoms with Crippen LogP contribution < -0.4 is 4.90 Å². The van der Waals surface area contributed by atoms with Crippen LogP contribution in [0, 0.1) is 11.8 Å². The number of hydrogen-bond donors (Lipinski definition) is 0. The van der Waals surface area contributed by atoms with Crippen molar-refractivity contribution in [3.8, 4) is 0 Å². The SMILES string of the molecule is CC(C)[C@H]1CCO[C@H]1C(=O)N1CCC=Cc2ccccc21. The zero-order valence-electron chi connectivity index (χ0n) is 12.8. The molecule has 3 nitrogen and oxygen atoms in total. The van der Waals surface area contributed by atoms with E-state index in [2.05, 4.69) is 32.1 Å². The lowest BCUT2D eigenvalue weighted by molar-refractivity contribution is -0.129. The Bertz CT molecular complexity index is 550. The Labute approximate surface area is 126 Å². The molecule has 2 aliphatic heterocycles. The summed E-state index contributed by atoms with van der Waals surface area (Å²) in [5.74, 6) is 0.935. The fourth-order valence-electron chi connectivity index (χ4n) is 3.33. The van der Waals surface area contributed by atoms with Gasteiger partial charge in [0.15, 0.2) is 0 Å². The van der Waals surface area contributed by atoms with Gasteiger partial charge in [0, 0.05) is 13.2 Å². The number of hydrogen-bond acceptors (Lipinski definition) is 2. The van der Waals surface area contributed by atoms with Gasteiger partial charge in [-0.3, -0.25) is 4.79 Å². The molecule has 1 aromatic rings. The maximum atomic E-state index is 13.0. The van der Waals surface area contributed by atoms with Gasteiger partial charge >= 0.3 is 0 Å². The van der Waals surface area contributed by atoms with Crippen molar-refractivity contribution in [3.05, 3.63) is 35.9 Å². The van der Waals surface area contributed by atoms with E-state index in [-0.39, 0.29) is 12.0 Å². The van der Waals surface area contributed by atoms with E-state index >= 15 is 0 Å². The number of amides is 1. The molecule has 21 heavy (non-hydrogen) atoms. The first-order chi connectivity index (χ1) is 10.2. The minimum absolute atomic E-state index is 0.127. The van der Waals surface area contributed by atoms with Gasteiger partial charge < -0.3 is 9.64 Å². The quantitative estimate of drug-likeness (QED) is 0.832. The molecule has 0 spiro atoms. The van der Waals surface area contributed by atoms with Gasteiger partial charge in [0.05, 0.1) is 5.69 Å². The van der Waals surface area contributed by atoms with E-state index < -0.39 is 0 Å². The van der Waals surface area contributed by atoms with Gasteiger partial charge in [0.25, 0.3) is 5.91 Å². The average Bonchev–Trinajstić information content (AvgIpc) is 2.88. The molecule has 1 fully saturated rings. The van der Waals surface area contributed by atoms with Crippen LogP contribution in [0.15, 0.2) is 30.3 Å². The molecule has 0 radical (unpaired) electrons. The molecule has 3 rings (SSSR count). The molecular weight excluding hydrogens is 262 g/mol. The highest BCUT2D eigenvalue weighted by Crippen LogP contribution is 2.32. The second kappa shape index (κ2) is 6.02. The summed E-state index contributed by atoms with van der Waals surface area (Å²) in [5.41, 5.74) is 2.12. The van der Waals surface area contributed by atoms with Gasteiger partial charge in [0.1, 0.15) is 6.10 Å². The highest BCUT2D eigenvalue weighted by Gasteiger charge is 2.39. The van der Waals surface area contributed by atoms with Gasteiger partial charge in [-0.15, -0.1) is 0 Å². The maximum absolute atomic E-state index is 13.0. The maximum Gasteiger partial charge on any atom is 0.256 e. The Hall–Kier alpha value is -1.61. The number of rotatable bonds is 2. The van der Waals surface area contributed by atoms with E-state index in [1.54, 1.807) is 0 Å². The van der Waals surface area contributed by atoms with Crippen LogP contribution in [0.3, 0.4) is 0 Å². The van der Waals surface area contributed by atoms with E-state index in [1.807, 2.05) is 23.1 Å². The van der Waals surface area contributed by atoms with Crippen molar-refractivity contribution in [2.75, 3.05) is 18.1 Å². The topological polar surface area (TPSA) is 29.5 Å². The van der Waals surface area contributed by atoms with Crippen molar-refractivity contribution in [3.63, 3.8) is 0 Å². The summed E-state index contributed by atoms with van der Waals surface area (Å²) in [6.45, 7) is 5.79. The van der Waals surface area contributed by atoms with E-state index in [0.717, 1.165) is 30.6 Å². The zero-order valence-corrected chi connectivity index (χ0v) is 12.8. The smallest absolute Gasteiger partial charge is 0.256 e. The van der Waals surface area contributed by atoms with Gasteiger partial charge in [-0.05, 0) is 36.3 Å². The second-order valence-corrected chi connectivity index (χ2v) is 6.23. The van der Waals surface area contributed by atoms with Crippen LogP contribution in [0.25, 0.3) is 6.08 Å². The largest absolute Gasteiger partial charge is 0.368 e. The molecule has 2 atom stereocenters. The van der Waals surface area contributed by atoms with E-state index in [1.165, 1.54) is 0 Å². The van der Waals surface area contributed by atoms with Crippen LogP contribution in [0.5, 0.6) is 0 Å². The predicted molar refractivity (Wildman–Crippen MR) is 85.1 cm³/mol. The monoisotopic (exact) mass is 285 g/mol. The number of anilines is 1. The van der Waals surface area contributed by atoms with Crippen LogP contribution in [0.2, 0.25) is 0 Å². The molecule has 112 valence electrons. The average molecular weight is 285 g/mol. The predicted octanol–water partition coefficient (Wildman–Crippen LogP) is 3.50. The summed E-state index contributed by atoms with van der Waals surface area (Å²) in [6, 6.07) is 8.10. The van der Waals surface area contributed by atoms with Crippen molar-refractivity contribution >= 4 is 17.7 Å². The summed E-state index contributed by atoms with van der Waals surface area (Å²) in [4.78, 5) is 14.9. The van der Waals surface area contributed by atoms with Crippen LogP contribution in [-0.4, -0.2) is 25.2 Å².